The molecule has 7 rings (SSSR count). The molecule has 0 unspecified atom stereocenters. The fourth-order valence-corrected chi connectivity index (χ4v) is 6.13. The Hall–Kier alpha value is -5.28. The molecule has 0 bridgehead atoms. The van der Waals surface area contributed by atoms with Crippen LogP contribution in [-0.2, 0) is 19.3 Å². The topological polar surface area (TPSA) is 35.0 Å². The molecule has 2 aromatic heterocycles. The number of aryl methyl sites for hydroxylation is 2. The molecule has 7 aromatic rings. The Balaban J connectivity index is 1.13. The van der Waals surface area contributed by atoms with Gasteiger partial charge in [0.1, 0.15) is 11.5 Å². The van der Waals surface area contributed by atoms with Crippen LogP contribution in [0.1, 0.15) is 44.8 Å². The van der Waals surface area contributed by atoms with E-state index in [4.69, 9.17) is 14.7 Å². The Morgan fingerprint density at radius 1 is 0.477 bits per heavy atom. The van der Waals surface area contributed by atoms with Crippen LogP contribution in [-0.4, -0.2) is 9.97 Å². The molecule has 0 radical (unpaired) electrons. The van der Waals surface area contributed by atoms with Crippen LogP contribution >= 0.6 is 0 Å². The van der Waals surface area contributed by atoms with Crippen LogP contribution in [0.15, 0.2) is 133 Å². The Kier molecular flexibility index (Phi) is 7.60. The third-order valence-corrected chi connectivity index (χ3v) is 8.07. The first kappa shape index (κ1) is 27.5. The molecule has 0 fully saturated rings. The zero-order chi connectivity index (χ0) is 29.9. The third kappa shape index (κ3) is 6.23. The van der Waals surface area contributed by atoms with Crippen LogP contribution < -0.4 is 4.74 Å². The van der Waals surface area contributed by atoms with Gasteiger partial charge < -0.3 is 4.74 Å². The van der Waals surface area contributed by atoms with E-state index in [1.54, 1.807) is 0 Å². The maximum Gasteiger partial charge on any atom is 0.127 e. The summed E-state index contributed by atoms with van der Waals surface area (Å²) in [7, 11) is 0. The van der Waals surface area contributed by atoms with Gasteiger partial charge in [0.2, 0.25) is 0 Å². The number of rotatable bonds is 8. The molecule has 0 saturated carbocycles. The summed E-state index contributed by atoms with van der Waals surface area (Å²) in [6, 6.07) is 46.8. The van der Waals surface area contributed by atoms with E-state index in [1.807, 2.05) is 18.2 Å². The van der Waals surface area contributed by atoms with Gasteiger partial charge in [-0.3, -0.25) is 9.97 Å². The lowest BCUT2D eigenvalue weighted by molar-refractivity contribution is 0.481. The summed E-state index contributed by atoms with van der Waals surface area (Å²) in [5.74, 6) is 1.67. The summed E-state index contributed by atoms with van der Waals surface area (Å²) in [5, 5.41) is 2.39. The summed E-state index contributed by atoms with van der Waals surface area (Å²) in [6.07, 6.45) is 2.44. The van der Waals surface area contributed by atoms with Crippen molar-refractivity contribution in [1.29, 1.82) is 0 Å². The summed E-state index contributed by atoms with van der Waals surface area (Å²) in [6.45, 7) is 4.19. The lowest BCUT2D eigenvalue weighted by atomic mass is 9.98. The first-order valence-electron chi connectivity index (χ1n) is 15.2. The van der Waals surface area contributed by atoms with E-state index >= 15 is 0 Å². The summed E-state index contributed by atoms with van der Waals surface area (Å²) in [4.78, 5) is 9.71. The molecule has 0 aliphatic carbocycles. The Labute approximate surface area is 258 Å². The number of pyridine rings is 2. The number of hydrogen-bond acceptors (Lipinski definition) is 3. The monoisotopic (exact) mass is 570 g/mol. The number of ether oxygens (including phenoxy) is 1. The smallest absolute Gasteiger partial charge is 0.127 e. The largest absolute Gasteiger partial charge is 0.457 e. The minimum atomic E-state index is 0.801. The summed E-state index contributed by atoms with van der Waals surface area (Å²) >= 11 is 0. The first-order chi connectivity index (χ1) is 21.6. The number of benzene rings is 5. The molecule has 44 heavy (non-hydrogen) atoms. The molecule has 0 saturated heterocycles. The second-order valence-corrected chi connectivity index (χ2v) is 11.6. The van der Waals surface area contributed by atoms with Gasteiger partial charge in [-0.15, -0.1) is 0 Å². The Bertz CT molecular complexity index is 2110. The van der Waals surface area contributed by atoms with Crippen molar-refractivity contribution in [2.24, 2.45) is 0 Å². The van der Waals surface area contributed by atoms with E-state index in [-0.39, 0.29) is 0 Å². The second kappa shape index (κ2) is 12.1. The molecule has 3 heteroatoms. The van der Waals surface area contributed by atoms with E-state index in [2.05, 4.69) is 129 Å². The van der Waals surface area contributed by atoms with Crippen LogP contribution in [0.5, 0.6) is 11.5 Å². The van der Waals surface area contributed by atoms with Crippen molar-refractivity contribution in [3.8, 4) is 11.5 Å². The second-order valence-electron chi connectivity index (χ2n) is 11.6. The molecule has 3 nitrogen and oxygen atoms in total. The third-order valence-electron chi connectivity index (χ3n) is 8.07. The van der Waals surface area contributed by atoms with Gasteiger partial charge >= 0.3 is 0 Å². The van der Waals surface area contributed by atoms with Crippen molar-refractivity contribution in [3.05, 3.63) is 178 Å². The Morgan fingerprint density at radius 2 is 1.02 bits per heavy atom. The minimum Gasteiger partial charge on any atom is -0.457 e. The molecule has 0 amide bonds. The standard InChI is InChI=1S/C41H34N2O/c1-28-10-7-11-30(20-28)24-35-27-34(39-17-4-6-19-41(39)43-35)23-32-13-9-15-37(26-32)44-36-14-8-12-31(25-36)22-33-21-29(2)42-40-18-5-3-16-38(33)40/h3-21,25-27H,22-24H2,1-2H3. The zero-order valence-electron chi connectivity index (χ0n) is 25.1. The average Bonchev–Trinajstić information content (AvgIpc) is 3.01. The molecular formula is C41H34N2O. The highest BCUT2D eigenvalue weighted by Gasteiger charge is 2.10. The van der Waals surface area contributed by atoms with Gasteiger partial charge in [-0.1, -0.05) is 90.5 Å². The van der Waals surface area contributed by atoms with E-state index in [0.29, 0.717) is 0 Å². The van der Waals surface area contributed by atoms with Gasteiger partial charge in [-0.2, -0.15) is 0 Å². The van der Waals surface area contributed by atoms with Crippen molar-refractivity contribution in [2.75, 3.05) is 0 Å². The lowest BCUT2D eigenvalue weighted by Crippen LogP contribution is -1.99. The van der Waals surface area contributed by atoms with Gasteiger partial charge in [0.15, 0.2) is 0 Å². The normalized spacial score (nSPS) is 11.2. The minimum absolute atomic E-state index is 0.801. The highest BCUT2D eigenvalue weighted by Crippen LogP contribution is 2.28. The van der Waals surface area contributed by atoms with Crippen LogP contribution in [0.2, 0.25) is 0 Å². The van der Waals surface area contributed by atoms with Gasteiger partial charge in [0.25, 0.3) is 0 Å². The highest BCUT2D eigenvalue weighted by molar-refractivity contribution is 5.83. The molecule has 0 aliphatic heterocycles. The summed E-state index contributed by atoms with van der Waals surface area (Å²) < 4.78 is 6.42. The summed E-state index contributed by atoms with van der Waals surface area (Å²) in [5.41, 5.74) is 11.7. The van der Waals surface area contributed by atoms with Crippen molar-refractivity contribution in [2.45, 2.75) is 33.1 Å². The molecular weight excluding hydrogens is 536 g/mol. The van der Waals surface area contributed by atoms with E-state index in [0.717, 1.165) is 53.2 Å². The molecule has 0 atom stereocenters. The predicted molar refractivity (Wildman–Crippen MR) is 181 cm³/mol. The molecule has 0 aliphatic rings. The van der Waals surface area contributed by atoms with Crippen LogP contribution in [0.3, 0.4) is 0 Å². The quantitative estimate of drug-likeness (QED) is 0.182. The number of hydrogen-bond donors (Lipinski definition) is 0. The molecule has 0 N–H and O–H groups in total. The van der Waals surface area contributed by atoms with Crippen molar-refractivity contribution in [1.82, 2.24) is 9.97 Å². The lowest BCUT2D eigenvalue weighted by Gasteiger charge is -2.13. The molecule has 0 spiro atoms. The molecule has 2 heterocycles. The van der Waals surface area contributed by atoms with E-state index in [1.165, 1.54) is 44.2 Å². The maximum absolute atomic E-state index is 6.42. The predicted octanol–water partition coefficient (Wildman–Crippen LogP) is 9.96. The van der Waals surface area contributed by atoms with Gasteiger partial charge in [-0.25, -0.2) is 0 Å². The number of aromatic nitrogens is 2. The van der Waals surface area contributed by atoms with Crippen LogP contribution in [0, 0.1) is 13.8 Å². The van der Waals surface area contributed by atoms with Crippen molar-refractivity contribution >= 4 is 21.8 Å². The van der Waals surface area contributed by atoms with Crippen molar-refractivity contribution < 1.29 is 4.74 Å². The van der Waals surface area contributed by atoms with Gasteiger partial charge in [0, 0.05) is 28.6 Å². The number of nitrogens with zero attached hydrogens (tertiary/aromatic N) is 2. The highest BCUT2D eigenvalue weighted by atomic mass is 16.5. The van der Waals surface area contributed by atoms with E-state index in [9.17, 15) is 0 Å². The average molecular weight is 571 g/mol. The number of para-hydroxylation sites is 2. The van der Waals surface area contributed by atoms with Crippen LogP contribution in [0.4, 0.5) is 0 Å². The van der Waals surface area contributed by atoms with Gasteiger partial charge in [-0.05, 0) is 103 Å². The SMILES string of the molecule is Cc1cccc(Cc2cc(Cc3cccc(Oc4cccc(Cc5cc(C)nc6ccccc56)c4)c3)c3ccccc3n2)c1. The van der Waals surface area contributed by atoms with E-state index < -0.39 is 0 Å². The zero-order valence-corrected chi connectivity index (χ0v) is 25.1. The first-order valence-corrected chi connectivity index (χ1v) is 15.2. The fourth-order valence-electron chi connectivity index (χ4n) is 6.13. The van der Waals surface area contributed by atoms with Crippen LogP contribution in [0.25, 0.3) is 21.8 Å². The maximum atomic E-state index is 6.42. The van der Waals surface area contributed by atoms with Gasteiger partial charge in [0.05, 0.1) is 11.0 Å². The Morgan fingerprint density at radius 3 is 1.66 bits per heavy atom. The molecule has 214 valence electrons. The number of fused-ring (bicyclic) bond motifs is 2. The van der Waals surface area contributed by atoms with Crippen molar-refractivity contribution in [3.63, 3.8) is 0 Å². The fraction of sp³-hybridized carbons (Fsp3) is 0.122. The molecule has 5 aromatic carbocycles.